The first-order chi connectivity index (χ1) is 12.1. The minimum Gasteiger partial charge on any atom is -0.507 e. The molecule has 0 amide bonds. The number of nitrogens with zero attached hydrogens (tertiary/aromatic N) is 2. The third-order valence-corrected chi connectivity index (χ3v) is 5.18. The lowest BCUT2D eigenvalue weighted by atomic mass is 9.86. The molecule has 25 heavy (non-hydrogen) atoms. The molecule has 2 rings (SSSR count). The van der Waals surface area contributed by atoms with E-state index < -0.39 is 0 Å². The smallest absolute Gasteiger partial charge is 0.270 e. The molecule has 1 aromatic rings. The van der Waals surface area contributed by atoms with E-state index in [1.54, 1.807) is 13.1 Å². The van der Waals surface area contributed by atoms with Gasteiger partial charge < -0.3 is 5.11 Å². The van der Waals surface area contributed by atoms with Gasteiger partial charge in [-0.05, 0) is 18.8 Å². The summed E-state index contributed by atoms with van der Waals surface area (Å²) in [6.45, 7) is 0. The van der Waals surface area contributed by atoms with Crippen molar-refractivity contribution in [2.45, 2.75) is 76.5 Å². The molecule has 0 unspecified atom stereocenters. The molecule has 138 valence electrons. The first-order valence-electron chi connectivity index (χ1n) is 9.57. The average molecular weight is 346 g/mol. The summed E-state index contributed by atoms with van der Waals surface area (Å²) in [7, 11) is 1.61. The van der Waals surface area contributed by atoms with Gasteiger partial charge in [0.15, 0.2) is 0 Å². The number of benzene rings is 1. The zero-order valence-corrected chi connectivity index (χ0v) is 15.2. The molecule has 0 bridgehead atoms. The Balaban J connectivity index is 2.28. The van der Waals surface area contributed by atoms with Crippen LogP contribution in [0.15, 0.2) is 17.1 Å². The quantitative estimate of drug-likeness (QED) is 0.431. The highest BCUT2D eigenvalue weighted by molar-refractivity contribution is 5.85. The standard InChI is InChI=1S/C20H30N2O3/c1-21-15-17-13-18(22(24)25)14-19(20(17)23)16-11-9-7-5-3-2-4-6-8-10-12-16/h13-16,23H,2-12H2,1H3. The number of rotatable bonds is 3. The van der Waals surface area contributed by atoms with Crippen molar-refractivity contribution in [3.8, 4) is 5.75 Å². The second-order valence-electron chi connectivity index (χ2n) is 7.07. The van der Waals surface area contributed by atoms with Crippen molar-refractivity contribution >= 4 is 11.9 Å². The number of non-ortho nitro benzene ring substituents is 1. The molecular formula is C20H30N2O3. The van der Waals surface area contributed by atoms with Gasteiger partial charge in [-0.1, -0.05) is 57.8 Å². The van der Waals surface area contributed by atoms with Crippen molar-refractivity contribution in [3.63, 3.8) is 0 Å². The van der Waals surface area contributed by atoms with E-state index in [-0.39, 0.29) is 22.3 Å². The zero-order chi connectivity index (χ0) is 18.1. The van der Waals surface area contributed by atoms with Crippen LogP contribution in [0, 0.1) is 10.1 Å². The fraction of sp³-hybridized carbons (Fsp3) is 0.650. The first-order valence-corrected chi connectivity index (χ1v) is 9.57. The van der Waals surface area contributed by atoms with Crippen molar-refractivity contribution in [2.75, 3.05) is 7.05 Å². The summed E-state index contributed by atoms with van der Waals surface area (Å²) >= 11 is 0. The monoisotopic (exact) mass is 346 g/mol. The molecule has 1 aromatic carbocycles. The highest BCUT2D eigenvalue weighted by atomic mass is 16.6. The summed E-state index contributed by atoms with van der Waals surface area (Å²) < 4.78 is 0. The molecule has 1 fully saturated rings. The van der Waals surface area contributed by atoms with Gasteiger partial charge in [0.25, 0.3) is 5.69 Å². The Hall–Kier alpha value is -1.91. The molecule has 0 aliphatic heterocycles. The Morgan fingerprint density at radius 2 is 1.56 bits per heavy atom. The highest BCUT2D eigenvalue weighted by Gasteiger charge is 2.22. The third-order valence-electron chi connectivity index (χ3n) is 5.18. The first kappa shape index (κ1) is 19.4. The summed E-state index contributed by atoms with van der Waals surface area (Å²) in [4.78, 5) is 14.8. The molecule has 1 saturated carbocycles. The number of nitro benzene ring substituents is 1. The molecule has 0 aromatic heterocycles. The molecule has 0 saturated heterocycles. The third kappa shape index (κ3) is 5.83. The van der Waals surface area contributed by atoms with Crippen LogP contribution < -0.4 is 0 Å². The lowest BCUT2D eigenvalue weighted by Crippen LogP contribution is -2.04. The van der Waals surface area contributed by atoms with Crippen LogP contribution in [0.4, 0.5) is 5.69 Å². The van der Waals surface area contributed by atoms with E-state index in [4.69, 9.17) is 0 Å². The summed E-state index contributed by atoms with van der Waals surface area (Å²) in [5.41, 5.74) is 1.20. The maximum absolute atomic E-state index is 11.3. The minimum absolute atomic E-state index is 0.0359. The zero-order valence-electron chi connectivity index (χ0n) is 15.2. The van der Waals surface area contributed by atoms with E-state index in [2.05, 4.69) is 4.99 Å². The molecule has 0 atom stereocenters. The van der Waals surface area contributed by atoms with Crippen LogP contribution in [-0.2, 0) is 0 Å². The number of hydrogen-bond acceptors (Lipinski definition) is 4. The summed E-state index contributed by atoms with van der Waals surface area (Å²) in [5.74, 6) is 0.344. The van der Waals surface area contributed by atoms with Gasteiger partial charge >= 0.3 is 0 Å². The number of aliphatic imine (C=N–C) groups is 1. The second-order valence-corrected chi connectivity index (χ2v) is 7.07. The van der Waals surface area contributed by atoms with Gasteiger partial charge in [0.05, 0.1) is 4.92 Å². The Bertz CT molecular complexity index is 587. The minimum atomic E-state index is -0.384. The van der Waals surface area contributed by atoms with E-state index >= 15 is 0 Å². The van der Waals surface area contributed by atoms with Crippen LogP contribution >= 0.6 is 0 Å². The van der Waals surface area contributed by atoms with Gasteiger partial charge in [-0.15, -0.1) is 0 Å². The van der Waals surface area contributed by atoms with Crippen LogP contribution in [0.25, 0.3) is 0 Å². The van der Waals surface area contributed by atoms with E-state index in [1.807, 2.05) is 0 Å². The maximum Gasteiger partial charge on any atom is 0.270 e. The average Bonchev–Trinajstić information content (AvgIpc) is 2.57. The lowest BCUT2D eigenvalue weighted by molar-refractivity contribution is -0.385. The highest BCUT2D eigenvalue weighted by Crippen LogP contribution is 2.38. The van der Waals surface area contributed by atoms with Crippen molar-refractivity contribution in [1.29, 1.82) is 0 Å². The van der Waals surface area contributed by atoms with Crippen molar-refractivity contribution in [1.82, 2.24) is 0 Å². The molecule has 0 heterocycles. The largest absolute Gasteiger partial charge is 0.507 e. The molecular weight excluding hydrogens is 316 g/mol. The van der Waals surface area contributed by atoms with Crippen molar-refractivity contribution < 1.29 is 10.0 Å². The fourth-order valence-electron chi connectivity index (χ4n) is 3.79. The second kappa shape index (κ2) is 10.2. The fourth-order valence-corrected chi connectivity index (χ4v) is 3.79. The number of phenolic OH excluding ortho intramolecular Hbond substituents is 1. The Kier molecular flexibility index (Phi) is 7.89. The summed E-state index contributed by atoms with van der Waals surface area (Å²) in [5, 5.41) is 21.9. The lowest BCUT2D eigenvalue weighted by Gasteiger charge is -2.20. The van der Waals surface area contributed by atoms with Crippen LogP contribution in [0.3, 0.4) is 0 Å². The summed E-state index contributed by atoms with van der Waals surface area (Å²) in [6, 6.07) is 2.97. The van der Waals surface area contributed by atoms with Crippen LogP contribution in [-0.4, -0.2) is 23.3 Å². The topological polar surface area (TPSA) is 75.7 Å². The van der Waals surface area contributed by atoms with Crippen molar-refractivity contribution in [2.24, 2.45) is 4.99 Å². The van der Waals surface area contributed by atoms with Crippen LogP contribution in [0.1, 0.15) is 87.7 Å². The van der Waals surface area contributed by atoms with E-state index in [0.717, 1.165) is 31.2 Å². The maximum atomic E-state index is 11.3. The number of hydrogen-bond donors (Lipinski definition) is 1. The summed E-state index contributed by atoms with van der Waals surface area (Å²) in [6.07, 6.45) is 14.6. The van der Waals surface area contributed by atoms with Gasteiger partial charge in [-0.2, -0.15) is 0 Å². The van der Waals surface area contributed by atoms with E-state index in [0.29, 0.717) is 5.56 Å². The van der Waals surface area contributed by atoms with Gasteiger partial charge in [0.2, 0.25) is 0 Å². The molecule has 0 spiro atoms. The normalized spacial score (nSPS) is 18.6. The Morgan fingerprint density at radius 3 is 2.04 bits per heavy atom. The van der Waals surface area contributed by atoms with Gasteiger partial charge in [0, 0.05) is 36.5 Å². The molecule has 1 aliphatic rings. The predicted molar refractivity (Wildman–Crippen MR) is 102 cm³/mol. The Morgan fingerprint density at radius 1 is 1.04 bits per heavy atom. The molecule has 0 radical (unpaired) electrons. The number of phenols is 1. The SMILES string of the molecule is CN=Cc1cc([N+](=O)[O-])cc(C2CCCCCCCCCCC2)c1O. The van der Waals surface area contributed by atoms with E-state index in [1.165, 1.54) is 57.2 Å². The van der Waals surface area contributed by atoms with Gasteiger partial charge in [-0.25, -0.2) is 0 Å². The molecule has 5 nitrogen and oxygen atoms in total. The number of aromatic hydroxyl groups is 1. The number of nitro groups is 1. The molecule has 1 N–H and O–H groups in total. The van der Waals surface area contributed by atoms with Crippen LogP contribution in [0.2, 0.25) is 0 Å². The Labute approximate surface area is 150 Å². The molecule has 1 aliphatic carbocycles. The van der Waals surface area contributed by atoms with Gasteiger partial charge in [-0.3, -0.25) is 15.1 Å². The van der Waals surface area contributed by atoms with Gasteiger partial charge in [0.1, 0.15) is 5.75 Å². The van der Waals surface area contributed by atoms with E-state index in [9.17, 15) is 15.2 Å². The van der Waals surface area contributed by atoms with Crippen LogP contribution in [0.5, 0.6) is 5.75 Å². The molecule has 5 heteroatoms. The van der Waals surface area contributed by atoms with Crippen molar-refractivity contribution in [3.05, 3.63) is 33.4 Å². The predicted octanol–water partition coefficient (Wildman–Crippen LogP) is 5.74.